The summed E-state index contributed by atoms with van der Waals surface area (Å²) < 4.78 is 14.8. The third-order valence-corrected chi connectivity index (χ3v) is 4.77. The van der Waals surface area contributed by atoms with Gasteiger partial charge in [-0.1, -0.05) is 67.7 Å². The maximum absolute atomic E-state index is 14.8. The zero-order valence-electron chi connectivity index (χ0n) is 15.9. The number of fused-ring (bicyclic) bond motifs is 1. The molecule has 0 unspecified atom stereocenters. The Morgan fingerprint density at radius 2 is 1.70 bits per heavy atom. The van der Waals surface area contributed by atoms with Gasteiger partial charge in [0.25, 0.3) is 0 Å². The van der Waals surface area contributed by atoms with Crippen LogP contribution >= 0.6 is 0 Å². The zero-order chi connectivity index (χ0) is 19.1. The fourth-order valence-electron chi connectivity index (χ4n) is 3.14. The van der Waals surface area contributed by atoms with Crippen LogP contribution in [-0.2, 0) is 12.8 Å². The molecule has 0 bridgehead atoms. The summed E-state index contributed by atoms with van der Waals surface area (Å²) in [6.45, 7) is 5.95. The second kappa shape index (κ2) is 9.19. The van der Waals surface area contributed by atoms with Crippen LogP contribution in [0.2, 0.25) is 0 Å². The van der Waals surface area contributed by atoms with Gasteiger partial charge in [-0.2, -0.15) is 0 Å². The van der Waals surface area contributed by atoms with Crippen molar-refractivity contribution in [2.24, 2.45) is 0 Å². The van der Waals surface area contributed by atoms with E-state index in [0.29, 0.717) is 10.9 Å². The Morgan fingerprint density at radius 1 is 0.926 bits per heavy atom. The molecule has 0 nitrogen and oxygen atoms in total. The van der Waals surface area contributed by atoms with E-state index in [1.54, 1.807) is 6.07 Å². The number of halogens is 1. The van der Waals surface area contributed by atoms with Crippen LogP contribution in [0.5, 0.6) is 0 Å². The molecule has 0 heterocycles. The lowest BCUT2D eigenvalue weighted by Crippen LogP contribution is -1.89. The van der Waals surface area contributed by atoms with Crippen molar-refractivity contribution in [1.29, 1.82) is 0 Å². The lowest BCUT2D eigenvalue weighted by molar-refractivity contribution is 0.636. The number of allylic oxidation sites excluding steroid dienone is 1. The topological polar surface area (TPSA) is 0 Å². The third kappa shape index (κ3) is 4.86. The smallest absolute Gasteiger partial charge is 0.146 e. The first-order valence-electron chi connectivity index (χ1n) is 9.64. The second-order valence-electron chi connectivity index (χ2n) is 6.86. The minimum atomic E-state index is -0.241. The van der Waals surface area contributed by atoms with E-state index in [4.69, 9.17) is 0 Å². The third-order valence-electron chi connectivity index (χ3n) is 4.77. The van der Waals surface area contributed by atoms with Crippen LogP contribution in [0.4, 0.5) is 4.39 Å². The molecule has 0 fully saturated rings. The van der Waals surface area contributed by atoms with Crippen molar-refractivity contribution < 1.29 is 4.39 Å². The van der Waals surface area contributed by atoms with Gasteiger partial charge in [-0.3, -0.25) is 0 Å². The molecule has 0 amide bonds. The molecule has 3 aromatic carbocycles. The molecule has 27 heavy (non-hydrogen) atoms. The Bertz CT molecular complexity index is 984. The molecule has 0 saturated heterocycles. The van der Waals surface area contributed by atoms with Crippen LogP contribution in [0.25, 0.3) is 10.8 Å². The highest BCUT2D eigenvalue weighted by molar-refractivity contribution is 5.85. The average molecular weight is 356 g/mol. The molecule has 0 spiro atoms. The summed E-state index contributed by atoms with van der Waals surface area (Å²) >= 11 is 0. The van der Waals surface area contributed by atoms with E-state index in [1.807, 2.05) is 42.5 Å². The predicted octanol–water partition coefficient (Wildman–Crippen LogP) is 6.84. The van der Waals surface area contributed by atoms with Crippen molar-refractivity contribution >= 4 is 10.8 Å². The minimum Gasteiger partial charge on any atom is -0.205 e. The molecule has 0 radical (unpaired) electrons. The van der Waals surface area contributed by atoms with Crippen LogP contribution in [0.3, 0.4) is 0 Å². The summed E-state index contributed by atoms with van der Waals surface area (Å²) in [6.07, 6.45) is 7.24. The maximum Gasteiger partial charge on any atom is 0.146 e. The summed E-state index contributed by atoms with van der Waals surface area (Å²) in [7, 11) is 0. The quantitative estimate of drug-likeness (QED) is 0.335. The van der Waals surface area contributed by atoms with Crippen LogP contribution < -0.4 is 0 Å². The summed E-state index contributed by atoms with van der Waals surface area (Å²) in [5, 5.41) is 1.54. The number of hydrogen-bond acceptors (Lipinski definition) is 0. The summed E-state index contributed by atoms with van der Waals surface area (Å²) in [5.74, 6) is 5.84. The van der Waals surface area contributed by atoms with Crippen molar-refractivity contribution in [2.75, 3.05) is 0 Å². The molecular weight excluding hydrogens is 331 g/mol. The molecule has 0 aliphatic rings. The van der Waals surface area contributed by atoms with Crippen molar-refractivity contribution in [3.05, 3.63) is 95.3 Å². The molecule has 0 saturated carbocycles. The molecular formula is C26H25F. The Labute approximate surface area is 161 Å². The fraction of sp³-hybridized carbons (Fsp3) is 0.231. The molecule has 3 rings (SSSR count). The van der Waals surface area contributed by atoms with Gasteiger partial charge in [0.15, 0.2) is 0 Å². The van der Waals surface area contributed by atoms with Gasteiger partial charge in [-0.15, -0.1) is 6.58 Å². The predicted molar refractivity (Wildman–Crippen MR) is 113 cm³/mol. The molecule has 0 aromatic heterocycles. The summed E-state index contributed by atoms with van der Waals surface area (Å²) in [5.41, 5.74) is 3.88. The van der Waals surface area contributed by atoms with Crippen molar-refractivity contribution in [3.63, 3.8) is 0 Å². The Balaban J connectivity index is 1.82. The molecule has 0 aliphatic heterocycles. The standard InChI is InChI=1S/C26H25F/c1-3-5-7-20-9-11-21(12-10-20)13-15-23-16-17-24-19-22(8-6-4-2)14-18-25(24)26(23)27/h4,9-12,14,16-19H,2-3,5-8H2,1H3. The van der Waals surface area contributed by atoms with Crippen LogP contribution in [0.15, 0.2) is 67.3 Å². The average Bonchev–Trinajstić information content (AvgIpc) is 2.71. The van der Waals surface area contributed by atoms with E-state index < -0.39 is 0 Å². The van der Waals surface area contributed by atoms with E-state index in [9.17, 15) is 4.39 Å². The van der Waals surface area contributed by atoms with Gasteiger partial charge >= 0.3 is 0 Å². The molecule has 1 heteroatoms. The Morgan fingerprint density at radius 3 is 2.44 bits per heavy atom. The number of benzene rings is 3. The maximum atomic E-state index is 14.8. The van der Waals surface area contributed by atoms with Gasteiger partial charge in [-0.25, -0.2) is 4.39 Å². The number of aryl methyl sites for hydroxylation is 2. The van der Waals surface area contributed by atoms with Crippen LogP contribution in [-0.4, -0.2) is 0 Å². The van der Waals surface area contributed by atoms with Crippen LogP contribution in [0.1, 0.15) is 48.4 Å². The highest BCUT2D eigenvalue weighted by Crippen LogP contribution is 2.23. The second-order valence-corrected chi connectivity index (χ2v) is 6.86. The Kier molecular flexibility index (Phi) is 6.44. The number of hydrogen-bond donors (Lipinski definition) is 0. The van der Waals surface area contributed by atoms with Gasteiger partial charge in [-0.05, 0) is 60.4 Å². The van der Waals surface area contributed by atoms with Gasteiger partial charge < -0.3 is 0 Å². The number of unbranched alkanes of at least 4 members (excludes halogenated alkanes) is 1. The molecule has 0 aliphatic carbocycles. The largest absolute Gasteiger partial charge is 0.205 e. The number of rotatable bonds is 6. The highest BCUT2D eigenvalue weighted by Gasteiger charge is 2.06. The van der Waals surface area contributed by atoms with Crippen LogP contribution in [0, 0.1) is 17.7 Å². The van der Waals surface area contributed by atoms with Gasteiger partial charge in [0.1, 0.15) is 5.82 Å². The normalized spacial score (nSPS) is 10.4. The van der Waals surface area contributed by atoms with E-state index in [2.05, 4.69) is 37.5 Å². The van der Waals surface area contributed by atoms with Crippen molar-refractivity contribution in [3.8, 4) is 11.8 Å². The van der Waals surface area contributed by atoms with E-state index in [-0.39, 0.29) is 5.82 Å². The van der Waals surface area contributed by atoms with Gasteiger partial charge in [0, 0.05) is 10.9 Å². The Hall–Kier alpha value is -2.85. The van der Waals surface area contributed by atoms with E-state index in [0.717, 1.165) is 30.2 Å². The fourth-order valence-corrected chi connectivity index (χ4v) is 3.14. The van der Waals surface area contributed by atoms with E-state index >= 15 is 0 Å². The SMILES string of the molecule is C=CCCc1ccc2c(F)c(C#Cc3ccc(CCCC)cc3)ccc2c1. The molecule has 0 atom stereocenters. The zero-order valence-corrected chi connectivity index (χ0v) is 15.9. The first-order chi connectivity index (χ1) is 13.2. The van der Waals surface area contributed by atoms with Gasteiger partial charge in [0.05, 0.1) is 5.56 Å². The summed E-state index contributed by atoms with van der Waals surface area (Å²) in [4.78, 5) is 0. The molecule has 3 aromatic rings. The lowest BCUT2D eigenvalue weighted by Gasteiger charge is -2.05. The first kappa shape index (κ1) is 18.9. The van der Waals surface area contributed by atoms with Crippen molar-refractivity contribution in [1.82, 2.24) is 0 Å². The molecule has 0 N–H and O–H groups in total. The highest BCUT2D eigenvalue weighted by atomic mass is 19.1. The molecule has 136 valence electrons. The summed E-state index contributed by atoms with van der Waals surface area (Å²) in [6, 6.07) is 17.9. The van der Waals surface area contributed by atoms with Gasteiger partial charge in [0.2, 0.25) is 0 Å². The first-order valence-corrected chi connectivity index (χ1v) is 9.64. The minimum absolute atomic E-state index is 0.241. The van der Waals surface area contributed by atoms with Crippen molar-refractivity contribution in [2.45, 2.75) is 39.0 Å². The monoisotopic (exact) mass is 356 g/mol. The lowest BCUT2D eigenvalue weighted by atomic mass is 10.0. The van der Waals surface area contributed by atoms with E-state index in [1.165, 1.54) is 24.0 Å².